The van der Waals surface area contributed by atoms with E-state index in [-0.39, 0.29) is 0 Å². The van der Waals surface area contributed by atoms with Crippen LogP contribution in [0.2, 0.25) is 0 Å². The molecule has 5 aromatic carbocycles. The van der Waals surface area contributed by atoms with Crippen LogP contribution in [0.1, 0.15) is 25.3 Å². The van der Waals surface area contributed by atoms with Crippen molar-refractivity contribution in [1.29, 1.82) is 0 Å². The van der Waals surface area contributed by atoms with E-state index in [2.05, 4.69) is 134 Å². The summed E-state index contributed by atoms with van der Waals surface area (Å²) in [6, 6.07) is 41.0. The van der Waals surface area contributed by atoms with Gasteiger partial charge in [-0.3, -0.25) is 0 Å². The molecule has 0 aliphatic heterocycles. The molecule has 0 saturated heterocycles. The highest BCUT2D eigenvalue weighted by Crippen LogP contribution is 2.39. The Balaban J connectivity index is 1.63. The summed E-state index contributed by atoms with van der Waals surface area (Å²) in [5.41, 5.74) is 8.48. The van der Waals surface area contributed by atoms with Gasteiger partial charge in [-0.25, -0.2) is 0 Å². The molecular weight excluding hydrogens is 386 g/mol. The molecule has 156 valence electrons. The topological polar surface area (TPSA) is 12.0 Å². The first-order valence-corrected chi connectivity index (χ1v) is 11.2. The highest BCUT2D eigenvalue weighted by Gasteiger charge is 2.13. The van der Waals surface area contributed by atoms with Gasteiger partial charge in [0.2, 0.25) is 0 Å². The summed E-state index contributed by atoms with van der Waals surface area (Å²) >= 11 is 0. The summed E-state index contributed by atoms with van der Waals surface area (Å²) in [7, 11) is 0. The first-order valence-electron chi connectivity index (χ1n) is 11.2. The van der Waals surface area contributed by atoms with Crippen LogP contribution in [-0.4, -0.2) is 0 Å². The molecule has 0 unspecified atom stereocenters. The number of rotatable bonds is 5. The SMILES string of the molecule is CC(C)c1ccc(-c2ccccc2Nc2ccccc2-c2ccccc2)c2ccccc12. The maximum atomic E-state index is 3.74. The highest BCUT2D eigenvalue weighted by atomic mass is 14.9. The van der Waals surface area contributed by atoms with Gasteiger partial charge in [0.05, 0.1) is 0 Å². The van der Waals surface area contributed by atoms with Crippen molar-refractivity contribution >= 4 is 22.1 Å². The minimum absolute atomic E-state index is 0.486. The molecule has 0 saturated carbocycles. The van der Waals surface area contributed by atoms with Gasteiger partial charge >= 0.3 is 0 Å². The molecule has 5 aromatic rings. The molecule has 0 aromatic heterocycles. The number of fused-ring (bicyclic) bond motifs is 1. The van der Waals surface area contributed by atoms with E-state index < -0.39 is 0 Å². The molecule has 1 N–H and O–H groups in total. The Kier molecular flexibility index (Phi) is 5.47. The van der Waals surface area contributed by atoms with Crippen molar-refractivity contribution in [2.24, 2.45) is 0 Å². The molecule has 0 amide bonds. The third kappa shape index (κ3) is 3.78. The van der Waals surface area contributed by atoms with E-state index in [9.17, 15) is 0 Å². The minimum atomic E-state index is 0.486. The summed E-state index contributed by atoms with van der Waals surface area (Å²) < 4.78 is 0. The fourth-order valence-electron chi connectivity index (χ4n) is 4.49. The average molecular weight is 414 g/mol. The zero-order chi connectivity index (χ0) is 21.9. The number of nitrogens with one attached hydrogen (secondary N) is 1. The fraction of sp³-hybridized carbons (Fsp3) is 0.0968. The molecule has 32 heavy (non-hydrogen) atoms. The van der Waals surface area contributed by atoms with Crippen molar-refractivity contribution in [2.75, 3.05) is 5.32 Å². The van der Waals surface area contributed by atoms with Gasteiger partial charge in [0.25, 0.3) is 0 Å². The number of anilines is 2. The van der Waals surface area contributed by atoms with Crippen molar-refractivity contribution in [3.05, 3.63) is 121 Å². The van der Waals surface area contributed by atoms with E-state index in [1.54, 1.807) is 0 Å². The Morgan fingerprint density at radius 1 is 0.469 bits per heavy atom. The van der Waals surface area contributed by atoms with E-state index in [0.717, 1.165) is 11.4 Å². The Morgan fingerprint density at radius 2 is 1.03 bits per heavy atom. The van der Waals surface area contributed by atoms with Crippen LogP contribution in [0.15, 0.2) is 115 Å². The Morgan fingerprint density at radius 3 is 1.75 bits per heavy atom. The van der Waals surface area contributed by atoms with Crippen LogP contribution < -0.4 is 5.32 Å². The van der Waals surface area contributed by atoms with E-state index >= 15 is 0 Å². The summed E-state index contributed by atoms with van der Waals surface area (Å²) in [5.74, 6) is 0.486. The Bertz CT molecular complexity index is 1370. The predicted octanol–water partition coefficient (Wildman–Crippen LogP) is 9.04. The molecule has 1 heteroatoms. The lowest BCUT2D eigenvalue weighted by Crippen LogP contribution is -1.97. The normalized spacial score (nSPS) is 11.1. The maximum absolute atomic E-state index is 3.74. The molecule has 0 fully saturated rings. The van der Waals surface area contributed by atoms with E-state index in [1.807, 2.05) is 0 Å². The van der Waals surface area contributed by atoms with Gasteiger partial charge in [-0.15, -0.1) is 0 Å². The molecule has 0 radical (unpaired) electrons. The molecular formula is C31H27N. The van der Waals surface area contributed by atoms with Crippen LogP contribution in [0, 0.1) is 0 Å². The molecule has 1 nitrogen and oxygen atoms in total. The average Bonchev–Trinajstić information content (AvgIpc) is 2.84. The highest BCUT2D eigenvalue weighted by molar-refractivity contribution is 6.02. The van der Waals surface area contributed by atoms with Gasteiger partial charge in [-0.1, -0.05) is 117 Å². The van der Waals surface area contributed by atoms with Crippen LogP contribution in [0.5, 0.6) is 0 Å². The number of hydrogen-bond acceptors (Lipinski definition) is 1. The van der Waals surface area contributed by atoms with Gasteiger partial charge in [0.15, 0.2) is 0 Å². The van der Waals surface area contributed by atoms with Crippen molar-refractivity contribution in [3.63, 3.8) is 0 Å². The molecule has 0 aliphatic carbocycles. The van der Waals surface area contributed by atoms with Crippen LogP contribution in [0.25, 0.3) is 33.0 Å². The van der Waals surface area contributed by atoms with Gasteiger partial charge in [-0.05, 0) is 45.5 Å². The van der Waals surface area contributed by atoms with Crippen LogP contribution in [0.4, 0.5) is 11.4 Å². The number of benzene rings is 5. The van der Waals surface area contributed by atoms with Gasteiger partial charge < -0.3 is 5.32 Å². The number of hydrogen-bond donors (Lipinski definition) is 1. The lowest BCUT2D eigenvalue weighted by atomic mass is 9.90. The van der Waals surface area contributed by atoms with E-state index in [0.29, 0.717) is 5.92 Å². The standard InChI is InChI=1S/C31H27N/c1-22(2)24-20-21-28(27-16-7-6-15-26(24)27)29-17-9-11-19-31(29)32-30-18-10-8-14-25(30)23-12-4-3-5-13-23/h3-22,32H,1-2H3. The van der Waals surface area contributed by atoms with Gasteiger partial charge in [0.1, 0.15) is 0 Å². The zero-order valence-corrected chi connectivity index (χ0v) is 18.5. The molecule has 0 bridgehead atoms. The molecule has 5 rings (SSSR count). The fourth-order valence-corrected chi connectivity index (χ4v) is 4.49. The number of para-hydroxylation sites is 2. The summed E-state index contributed by atoms with van der Waals surface area (Å²) in [4.78, 5) is 0. The lowest BCUT2D eigenvalue weighted by Gasteiger charge is -2.18. The second-order valence-electron chi connectivity index (χ2n) is 8.48. The predicted molar refractivity (Wildman–Crippen MR) is 139 cm³/mol. The monoisotopic (exact) mass is 413 g/mol. The molecule has 0 spiro atoms. The Labute approximate surface area is 190 Å². The van der Waals surface area contributed by atoms with E-state index in [4.69, 9.17) is 0 Å². The molecule has 0 aliphatic rings. The zero-order valence-electron chi connectivity index (χ0n) is 18.5. The van der Waals surface area contributed by atoms with Crippen molar-refractivity contribution in [2.45, 2.75) is 19.8 Å². The quantitative estimate of drug-likeness (QED) is 0.303. The second-order valence-corrected chi connectivity index (χ2v) is 8.48. The third-order valence-electron chi connectivity index (χ3n) is 6.08. The van der Waals surface area contributed by atoms with Crippen LogP contribution in [-0.2, 0) is 0 Å². The third-order valence-corrected chi connectivity index (χ3v) is 6.08. The first kappa shape index (κ1) is 20.1. The summed E-state index contributed by atoms with van der Waals surface area (Å²) in [6.45, 7) is 4.52. The minimum Gasteiger partial charge on any atom is -0.355 e. The van der Waals surface area contributed by atoms with Crippen molar-refractivity contribution in [1.82, 2.24) is 0 Å². The van der Waals surface area contributed by atoms with Crippen LogP contribution in [0.3, 0.4) is 0 Å². The van der Waals surface area contributed by atoms with Gasteiger partial charge in [-0.2, -0.15) is 0 Å². The molecule has 0 atom stereocenters. The molecule has 0 heterocycles. The van der Waals surface area contributed by atoms with E-state index in [1.165, 1.54) is 38.6 Å². The van der Waals surface area contributed by atoms with Gasteiger partial charge in [0, 0.05) is 22.5 Å². The maximum Gasteiger partial charge on any atom is 0.0464 e. The first-order chi connectivity index (χ1) is 15.7. The van der Waals surface area contributed by atoms with Crippen molar-refractivity contribution < 1.29 is 0 Å². The summed E-state index contributed by atoms with van der Waals surface area (Å²) in [5, 5.41) is 6.37. The van der Waals surface area contributed by atoms with Crippen LogP contribution >= 0.6 is 0 Å². The summed E-state index contributed by atoms with van der Waals surface area (Å²) in [6.07, 6.45) is 0. The lowest BCUT2D eigenvalue weighted by molar-refractivity contribution is 0.876. The second kappa shape index (κ2) is 8.72. The Hall–Kier alpha value is -3.84. The largest absolute Gasteiger partial charge is 0.355 e. The smallest absolute Gasteiger partial charge is 0.0464 e. The van der Waals surface area contributed by atoms with Crippen molar-refractivity contribution in [3.8, 4) is 22.3 Å².